The van der Waals surface area contributed by atoms with Crippen LogP contribution in [0.4, 0.5) is 0 Å². The predicted octanol–water partition coefficient (Wildman–Crippen LogP) is 3.79. The van der Waals surface area contributed by atoms with Crippen LogP contribution in [0.2, 0.25) is 15.3 Å². The highest BCUT2D eigenvalue weighted by atomic mass is 35.5. The molecular formula is C11H9Cl3N2O. The first-order valence-corrected chi connectivity index (χ1v) is 5.91. The van der Waals surface area contributed by atoms with E-state index < -0.39 is 0 Å². The molecule has 0 aliphatic rings. The van der Waals surface area contributed by atoms with Gasteiger partial charge in [-0.25, -0.2) is 5.43 Å². The molecule has 0 aliphatic heterocycles. The zero-order valence-corrected chi connectivity index (χ0v) is 10.9. The van der Waals surface area contributed by atoms with Crippen LogP contribution < -0.4 is 11.3 Å². The average Bonchev–Trinajstić information content (AvgIpc) is 2.72. The number of halogens is 3. The summed E-state index contributed by atoms with van der Waals surface area (Å²) in [6.45, 7) is 0. The third-order valence-corrected chi connectivity index (χ3v) is 3.56. The second-order valence-corrected chi connectivity index (χ2v) is 4.52. The fourth-order valence-corrected chi connectivity index (χ4v) is 2.24. The molecule has 0 saturated heterocycles. The maximum atomic E-state index is 6.13. The molecule has 0 spiro atoms. The minimum Gasteiger partial charge on any atom is -0.453 e. The van der Waals surface area contributed by atoms with Crippen molar-refractivity contribution in [2.75, 3.05) is 0 Å². The van der Waals surface area contributed by atoms with Gasteiger partial charge in [-0.15, -0.1) is 0 Å². The number of hydrazine groups is 1. The summed E-state index contributed by atoms with van der Waals surface area (Å²) in [5.41, 5.74) is 4.09. The molecular weight excluding hydrogens is 282 g/mol. The molecule has 0 fully saturated rings. The minimum atomic E-state index is -0.368. The average molecular weight is 292 g/mol. The van der Waals surface area contributed by atoms with Crippen molar-refractivity contribution in [1.29, 1.82) is 0 Å². The van der Waals surface area contributed by atoms with Crippen molar-refractivity contribution in [3.63, 3.8) is 0 Å². The van der Waals surface area contributed by atoms with E-state index in [9.17, 15) is 0 Å². The van der Waals surface area contributed by atoms with Gasteiger partial charge >= 0.3 is 0 Å². The number of nitrogens with one attached hydrogen (secondary N) is 1. The number of rotatable bonds is 3. The number of hydrogen-bond acceptors (Lipinski definition) is 3. The van der Waals surface area contributed by atoms with E-state index in [4.69, 9.17) is 45.1 Å². The monoisotopic (exact) mass is 290 g/mol. The molecule has 1 unspecified atom stereocenters. The van der Waals surface area contributed by atoms with Crippen molar-refractivity contribution >= 4 is 34.8 Å². The van der Waals surface area contributed by atoms with Crippen LogP contribution in [0.5, 0.6) is 0 Å². The lowest BCUT2D eigenvalue weighted by atomic mass is 10.0. The van der Waals surface area contributed by atoms with Gasteiger partial charge in [-0.2, -0.15) is 0 Å². The first-order chi connectivity index (χ1) is 8.15. The Hall–Kier alpha value is -0.710. The van der Waals surface area contributed by atoms with Crippen molar-refractivity contribution in [3.8, 4) is 0 Å². The van der Waals surface area contributed by atoms with Crippen LogP contribution >= 0.6 is 34.8 Å². The van der Waals surface area contributed by atoms with E-state index in [1.54, 1.807) is 18.2 Å². The van der Waals surface area contributed by atoms with Crippen molar-refractivity contribution in [3.05, 3.63) is 56.9 Å². The fraction of sp³-hybridized carbons (Fsp3) is 0.0909. The highest BCUT2D eigenvalue weighted by Gasteiger charge is 2.21. The van der Waals surface area contributed by atoms with E-state index in [1.807, 2.05) is 6.07 Å². The van der Waals surface area contributed by atoms with Gasteiger partial charge in [0.1, 0.15) is 0 Å². The Labute approximate surface area is 113 Å². The van der Waals surface area contributed by atoms with Gasteiger partial charge in [0.25, 0.3) is 0 Å². The van der Waals surface area contributed by atoms with Gasteiger partial charge in [0.05, 0.1) is 22.4 Å². The Bertz CT molecular complexity index is 527. The van der Waals surface area contributed by atoms with Gasteiger partial charge in [-0.3, -0.25) is 5.84 Å². The Morgan fingerprint density at radius 1 is 1.12 bits per heavy atom. The summed E-state index contributed by atoms with van der Waals surface area (Å²) in [6.07, 6.45) is 1.49. The molecule has 3 N–H and O–H groups in total. The summed E-state index contributed by atoms with van der Waals surface area (Å²) in [4.78, 5) is 0. The van der Waals surface area contributed by atoms with E-state index in [2.05, 4.69) is 5.43 Å². The summed E-state index contributed by atoms with van der Waals surface area (Å²) < 4.78 is 5.03. The summed E-state index contributed by atoms with van der Waals surface area (Å²) in [6, 6.07) is 6.68. The lowest BCUT2D eigenvalue weighted by Crippen LogP contribution is -2.29. The van der Waals surface area contributed by atoms with Crippen molar-refractivity contribution < 1.29 is 4.42 Å². The molecule has 1 aromatic carbocycles. The van der Waals surface area contributed by atoms with Gasteiger partial charge in [0.2, 0.25) is 0 Å². The molecule has 90 valence electrons. The minimum absolute atomic E-state index is 0.268. The van der Waals surface area contributed by atoms with Crippen LogP contribution in [-0.2, 0) is 0 Å². The van der Waals surface area contributed by atoms with E-state index in [1.165, 1.54) is 6.26 Å². The van der Waals surface area contributed by atoms with Gasteiger partial charge in [-0.05, 0) is 29.3 Å². The molecule has 3 nitrogen and oxygen atoms in total. The lowest BCUT2D eigenvalue weighted by molar-refractivity contribution is 0.555. The summed E-state index contributed by atoms with van der Waals surface area (Å²) >= 11 is 18.0. The first-order valence-electron chi connectivity index (χ1n) is 4.78. The lowest BCUT2D eigenvalue weighted by Gasteiger charge is -2.17. The Kier molecular flexibility index (Phi) is 3.97. The van der Waals surface area contributed by atoms with E-state index >= 15 is 0 Å². The van der Waals surface area contributed by atoms with Crippen LogP contribution in [0.3, 0.4) is 0 Å². The molecule has 0 aliphatic carbocycles. The first kappa shape index (κ1) is 12.7. The highest BCUT2D eigenvalue weighted by molar-refractivity contribution is 6.42. The summed E-state index contributed by atoms with van der Waals surface area (Å²) in [5, 5.41) is 1.17. The van der Waals surface area contributed by atoms with Crippen LogP contribution in [0.1, 0.15) is 17.2 Å². The quantitative estimate of drug-likeness (QED) is 0.668. The smallest absolute Gasteiger partial charge is 0.198 e. The summed E-state index contributed by atoms with van der Waals surface area (Å²) in [7, 11) is 0. The van der Waals surface area contributed by atoms with Crippen LogP contribution in [0, 0.1) is 0 Å². The van der Waals surface area contributed by atoms with Crippen molar-refractivity contribution in [2.45, 2.75) is 6.04 Å². The molecule has 1 atom stereocenters. The third-order valence-electron chi connectivity index (χ3n) is 2.42. The number of hydrogen-bond donors (Lipinski definition) is 2. The van der Waals surface area contributed by atoms with Crippen molar-refractivity contribution in [1.82, 2.24) is 5.43 Å². The number of nitrogens with two attached hydrogens (primary N) is 1. The molecule has 1 heterocycles. The van der Waals surface area contributed by atoms with Crippen molar-refractivity contribution in [2.24, 2.45) is 5.84 Å². The van der Waals surface area contributed by atoms with Crippen LogP contribution in [0.15, 0.2) is 34.9 Å². The van der Waals surface area contributed by atoms with E-state index in [0.29, 0.717) is 15.6 Å². The maximum absolute atomic E-state index is 6.13. The van der Waals surface area contributed by atoms with E-state index in [0.717, 1.165) is 5.56 Å². The second kappa shape index (κ2) is 5.29. The summed E-state index contributed by atoms with van der Waals surface area (Å²) in [5.74, 6) is 5.53. The molecule has 2 rings (SSSR count). The van der Waals surface area contributed by atoms with Gasteiger partial charge < -0.3 is 4.42 Å². The van der Waals surface area contributed by atoms with Gasteiger partial charge in [-0.1, -0.05) is 35.3 Å². The maximum Gasteiger partial charge on any atom is 0.198 e. The topological polar surface area (TPSA) is 51.2 Å². The predicted molar refractivity (Wildman–Crippen MR) is 69.3 cm³/mol. The molecule has 17 heavy (non-hydrogen) atoms. The van der Waals surface area contributed by atoms with E-state index in [-0.39, 0.29) is 11.3 Å². The highest BCUT2D eigenvalue weighted by Crippen LogP contribution is 2.35. The third kappa shape index (κ3) is 2.44. The normalized spacial score (nSPS) is 12.7. The molecule has 0 bridgehead atoms. The molecule has 0 amide bonds. The number of benzene rings is 1. The fourth-order valence-electron chi connectivity index (χ4n) is 1.60. The standard InChI is InChI=1S/C11H9Cl3N2O/c12-8-3-1-2-6(9(8)13)10(16-15)7-4-5-17-11(7)14/h1-5,10,16H,15H2. The van der Waals surface area contributed by atoms with Crippen LogP contribution in [-0.4, -0.2) is 0 Å². The zero-order chi connectivity index (χ0) is 12.4. The SMILES string of the molecule is NNC(c1ccoc1Cl)c1cccc(Cl)c1Cl. The second-order valence-electron chi connectivity index (χ2n) is 3.39. The largest absolute Gasteiger partial charge is 0.453 e. The molecule has 0 radical (unpaired) electrons. The molecule has 0 saturated carbocycles. The molecule has 6 heteroatoms. The molecule has 1 aromatic heterocycles. The zero-order valence-electron chi connectivity index (χ0n) is 8.58. The molecule has 2 aromatic rings. The van der Waals surface area contributed by atoms with Crippen LogP contribution in [0.25, 0.3) is 0 Å². The number of furan rings is 1. The Morgan fingerprint density at radius 3 is 2.47 bits per heavy atom. The van der Waals surface area contributed by atoms with Gasteiger partial charge in [0, 0.05) is 5.56 Å². The Morgan fingerprint density at radius 2 is 1.88 bits per heavy atom. The van der Waals surface area contributed by atoms with Gasteiger partial charge in [0.15, 0.2) is 5.22 Å². The Balaban J connectivity index is 2.50.